The molecule has 11 nitrogen and oxygen atoms in total. The van der Waals surface area contributed by atoms with Crippen molar-refractivity contribution in [2.45, 2.75) is 73.6 Å². The van der Waals surface area contributed by atoms with Gasteiger partial charge in [0, 0.05) is 64.0 Å². The van der Waals surface area contributed by atoms with Crippen LogP contribution in [-0.4, -0.2) is 54.0 Å². The van der Waals surface area contributed by atoms with Crippen LogP contribution >= 0.6 is 23.2 Å². The first-order valence-electron chi connectivity index (χ1n) is 21.8. The molecule has 13 heteroatoms. The van der Waals surface area contributed by atoms with E-state index in [1.165, 1.54) is 0 Å². The lowest BCUT2D eigenvalue weighted by atomic mass is 9.98. The summed E-state index contributed by atoms with van der Waals surface area (Å²) in [4.78, 5) is 35.4. The van der Waals surface area contributed by atoms with E-state index in [0.717, 1.165) is 72.1 Å². The van der Waals surface area contributed by atoms with E-state index in [-0.39, 0.29) is 37.3 Å². The van der Waals surface area contributed by atoms with Gasteiger partial charge in [0.1, 0.15) is 29.5 Å². The lowest BCUT2D eigenvalue weighted by Gasteiger charge is -2.35. The number of nitrogens with zero attached hydrogens (tertiary/aromatic N) is 6. The molecule has 8 aromatic rings. The third kappa shape index (κ3) is 8.01. The first-order valence-corrected chi connectivity index (χ1v) is 22.5. The van der Waals surface area contributed by atoms with Crippen molar-refractivity contribution >= 4 is 62.6 Å². The Morgan fingerprint density at radius 3 is 2.29 bits per heavy atom. The molecule has 4 aromatic heterocycles. The molecule has 0 unspecified atom stereocenters. The predicted octanol–water partition coefficient (Wildman–Crippen LogP) is 11.8. The minimum absolute atomic E-state index is 0.0737. The Labute approximate surface area is 387 Å². The van der Waals surface area contributed by atoms with Crippen LogP contribution in [0.4, 0.5) is 5.69 Å². The summed E-state index contributed by atoms with van der Waals surface area (Å²) in [6, 6.07) is 28.5. The quantitative estimate of drug-likeness (QED) is 0.115. The number of rotatable bonds is 13. The zero-order chi connectivity index (χ0) is 45.8. The number of aromatic carboxylic acids is 1. The number of aryl methyl sites for hydroxylation is 6. The molecular weight excluding hydrogens is 860 g/mol. The Kier molecular flexibility index (Phi) is 11.7. The Morgan fingerprint density at radius 2 is 1.60 bits per heavy atom. The standard InChI is InChI=1S/C52H50Cl2N6O5/c1-29-21-38(22-30(2)47(29)54)64-20-12-17-40-41-18-19-42(53)46(45-33(5)56-57(7)34(45)6)49(41)60-32(4)26-59(51(61)50(40)60)43-25-39(65-28-35-14-9-8-10-15-35)23-36-24-44(52(62)63)58(48(36)43)27-37-16-11-13-31(3)55-37/h8-11,13-16,18-19,21-25,32H,12,17,20,26-28H2,1-7H3,(H,62,63)/t32-/m1/s1. The highest BCUT2D eigenvalue weighted by Crippen LogP contribution is 2.46. The van der Waals surface area contributed by atoms with Crippen molar-refractivity contribution in [2.24, 2.45) is 7.05 Å². The van der Waals surface area contributed by atoms with Gasteiger partial charge < -0.3 is 28.6 Å². The smallest absolute Gasteiger partial charge is 0.352 e. The number of fused-ring (bicyclic) bond motifs is 4. The number of anilines is 1. The van der Waals surface area contributed by atoms with E-state index in [9.17, 15) is 9.90 Å². The maximum Gasteiger partial charge on any atom is 0.352 e. The number of aromatic nitrogens is 5. The number of pyridine rings is 1. The summed E-state index contributed by atoms with van der Waals surface area (Å²) in [6.07, 6.45) is 1.13. The van der Waals surface area contributed by atoms with Crippen LogP contribution in [0.15, 0.2) is 91.0 Å². The molecule has 0 radical (unpaired) electrons. The average molecular weight is 910 g/mol. The van der Waals surface area contributed by atoms with E-state index >= 15 is 4.79 Å². The molecule has 1 amide bonds. The third-order valence-corrected chi connectivity index (χ3v) is 13.4. The zero-order valence-electron chi connectivity index (χ0n) is 37.5. The topological polar surface area (TPSA) is 117 Å². The molecule has 5 heterocycles. The van der Waals surface area contributed by atoms with Gasteiger partial charge in [0.25, 0.3) is 5.91 Å². The molecule has 4 aromatic carbocycles. The lowest BCUT2D eigenvalue weighted by molar-refractivity contribution is 0.0686. The number of hydrogen-bond donors (Lipinski definition) is 1. The number of halogens is 2. The van der Waals surface area contributed by atoms with Crippen molar-refractivity contribution in [3.05, 3.63) is 157 Å². The fraction of sp³-hybridized carbons (Fsp3) is 0.269. The zero-order valence-corrected chi connectivity index (χ0v) is 39.0. The van der Waals surface area contributed by atoms with Gasteiger partial charge in [-0.3, -0.25) is 14.5 Å². The molecule has 1 atom stereocenters. The number of carbonyl (C=O) groups is 2. The van der Waals surface area contributed by atoms with Gasteiger partial charge in [-0.25, -0.2) is 4.79 Å². The van der Waals surface area contributed by atoms with E-state index < -0.39 is 5.97 Å². The highest BCUT2D eigenvalue weighted by Gasteiger charge is 2.38. The van der Waals surface area contributed by atoms with Crippen LogP contribution in [0.5, 0.6) is 11.5 Å². The maximum atomic E-state index is 15.8. The number of carboxylic acid groups (broad SMARTS) is 1. The SMILES string of the molecule is Cc1cccc(Cn2c(C(=O)O)cc3cc(OCc4ccccc4)cc(N4C[C@@H](C)n5c(c(CCCOc6cc(C)c(Cl)c(C)c6)c6ccc(Cl)c(-c7c(C)nn(C)c7C)c65)C4=O)c32)n1. The van der Waals surface area contributed by atoms with E-state index in [2.05, 4.69) is 11.5 Å². The van der Waals surface area contributed by atoms with Crippen molar-refractivity contribution < 1.29 is 24.2 Å². The Morgan fingerprint density at radius 1 is 0.862 bits per heavy atom. The highest BCUT2D eigenvalue weighted by molar-refractivity contribution is 6.35. The summed E-state index contributed by atoms with van der Waals surface area (Å²) >= 11 is 13.7. The molecule has 0 spiro atoms. The molecule has 0 aliphatic carbocycles. The van der Waals surface area contributed by atoms with Crippen molar-refractivity contribution in [2.75, 3.05) is 18.1 Å². The van der Waals surface area contributed by atoms with Crippen LogP contribution in [0.1, 0.15) is 85.4 Å². The molecule has 1 N–H and O–H groups in total. The molecule has 332 valence electrons. The molecule has 1 aliphatic rings. The number of carbonyl (C=O) groups excluding carboxylic acids is 1. The third-order valence-electron chi connectivity index (χ3n) is 12.5. The maximum absolute atomic E-state index is 15.8. The van der Waals surface area contributed by atoms with Gasteiger partial charge in [-0.1, -0.05) is 65.7 Å². The second-order valence-corrected chi connectivity index (χ2v) is 17.9. The van der Waals surface area contributed by atoms with Crippen molar-refractivity contribution in [1.29, 1.82) is 0 Å². The Bertz CT molecular complexity index is 3160. The van der Waals surface area contributed by atoms with E-state index in [1.54, 1.807) is 15.5 Å². The van der Waals surface area contributed by atoms with Crippen molar-refractivity contribution in [1.82, 2.24) is 23.9 Å². The van der Waals surface area contributed by atoms with Crippen LogP contribution < -0.4 is 14.4 Å². The van der Waals surface area contributed by atoms with Gasteiger partial charge in [-0.05, 0) is 119 Å². The van der Waals surface area contributed by atoms with E-state index in [1.807, 2.05) is 131 Å². The summed E-state index contributed by atoms with van der Waals surface area (Å²) in [6.45, 7) is 13.1. The van der Waals surface area contributed by atoms with Crippen LogP contribution in [-0.2, 0) is 26.6 Å². The van der Waals surface area contributed by atoms with Gasteiger partial charge in [0.15, 0.2) is 0 Å². The largest absolute Gasteiger partial charge is 0.494 e. The monoisotopic (exact) mass is 908 g/mol. The van der Waals surface area contributed by atoms with Crippen LogP contribution in [0.2, 0.25) is 10.0 Å². The molecule has 0 fully saturated rings. The molecule has 9 rings (SSSR count). The van der Waals surface area contributed by atoms with Gasteiger partial charge in [-0.15, -0.1) is 0 Å². The average Bonchev–Trinajstić information content (AvgIpc) is 3.90. The number of benzene rings is 4. The summed E-state index contributed by atoms with van der Waals surface area (Å²) in [7, 11) is 1.92. The van der Waals surface area contributed by atoms with Crippen LogP contribution in [0, 0.1) is 34.6 Å². The number of hydrogen-bond acceptors (Lipinski definition) is 6. The van der Waals surface area contributed by atoms with E-state index in [4.69, 9.17) is 42.8 Å². The normalized spacial score (nSPS) is 13.8. The summed E-state index contributed by atoms with van der Waals surface area (Å²) < 4.78 is 18.5. The second-order valence-electron chi connectivity index (χ2n) is 17.1. The predicted molar refractivity (Wildman–Crippen MR) is 258 cm³/mol. The minimum atomic E-state index is -1.09. The van der Waals surface area contributed by atoms with Gasteiger partial charge in [0.2, 0.25) is 0 Å². The van der Waals surface area contributed by atoms with Gasteiger partial charge in [-0.2, -0.15) is 5.10 Å². The fourth-order valence-electron chi connectivity index (χ4n) is 9.52. The summed E-state index contributed by atoms with van der Waals surface area (Å²) in [5.41, 5.74) is 11.4. The molecule has 0 bridgehead atoms. The number of carboxylic acids is 1. The van der Waals surface area contributed by atoms with Crippen molar-refractivity contribution in [3.63, 3.8) is 0 Å². The van der Waals surface area contributed by atoms with Crippen LogP contribution in [0.3, 0.4) is 0 Å². The lowest BCUT2D eigenvalue weighted by Crippen LogP contribution is -2.43. The van der Waals surface area contributed by atoms with E-state index in [0.29, 0.717) is 58.2 Å². The first-order chi connectivity index (χ1) is 31.2. The second kappa shape index (κ2) is 17.4. The fourth-order valence-corrected chi connectivity index (χ4v) is 9.88. The first kappa shape index (κ1) is 43.7. The van der Waals surface area contributed by atoms with Gasteiger partial charge >= 0.3 is 5.97 Å². The Hall–Kier alpha value is -6.56. The Balaban J connectivity index is 1.22. The molecular formula is C52H50Cl2N6O5. The van der Waals surface area contributed by atoms with Gasteiger partial charge in [0.05, 0.1) is 46.3 Å². The molecule has 0 saturated heterocycles. The molecule has 65 heavy (non-hydrogen) atoms. The minimum Gasteiger partial charge on any atom is -0.494 e. The molecule has 0 saturated carbocycles. The van der Waals surface area contributed by atoms with Crippen molar-refractivity contribution in [3.8, 4) is 22.6 Å². The number of amides is 1. The number of ether oxygens (including phenoxy) is 2. The summed E-state index contributed by atoms with van der Waals surface area (Å²) in [5, 5.41) is 18.3. The van der Waals surface area contributed by atoms with Crippen LogP contribution in [0.25, 0.3) is 32.9 Å². The highest BCUT2D eigenvalue weighted by atomic mass is 35.5. The molecule has 1 aliphatic heterocycles. The summed E-state index contributed by atoms with van der Waals surface area (Å²) in [5.74, 6) is -0.0690.